The molecule has 0 atom stereocenters. The van der Waals surface area contributed by atoms with E-state index in [1.54, 1.807) is 7.11 Å². The monoisotopic (exact) mass is 429 g/mol. The minimum Gasteiger partial charge on any atom is -0.497 e. The van der Waals surface area contributed by atoms with Gasteiger partial charge in [0.2, 0.25) is 5.91 Å². The average Bonchev–Trinajstić information content (AvgIpc) is 3.17. The Kier molecular flexibility index (Phi) is 6.55. The van der Waals surface area contributed by atoms with Crippen LogP contribution in [0.5, 0.6) is 5.75 Å². The predicted molar refractivity (Wildman–Crippen MR) is 124 cm³/mol. The third-order valence-electron chi connectivity index (χ3n) is 5.96. The highest BCUT2D eigenvalue weighted by molar-refractivity contribution is 5.84. The zero-order valence-electron chi connectivity index (χ0n) is 18.2. The number of aliphatic carboxylic acids is 1. The number of carbonyl (C=O) groups excluding carboxylic acids is 1. The standard InChI is InChI=1S/C27H27NO4/c1-32-22-14-21(24-15-20-4-2-3-5-23(20)25(24)17-22)16-26(29)28-13-12-19-8-6-18(7-9-19)10-11-27(30)31/h2-9,14,17H,10-13,15-16H2,1H3,(H,28,29)(H,30,31). The van der Waals surface area contributed by atoms with E-state index in [4.69, 9.17) is 9.84 Å². The number of nitrogens with one attached hydrogen (secondary N) is 1. The van der Waals surface area contributed by atoms with Crippen LogP contribution in [0, 0.1) is 0 Å². The quantitative estimate of drug-likeness (QED) is 0.418. The summed E-state index contributed by atoms with van der Waals surface area (Å²) in [6.07, 6.45) is 2.55. The van der Waals surface area contributed by atoms with Gasteiger partial charge in [0.15, 0.2) is 0 Å². The molecule has 0 fully saturated rings. The smallest absolute Gasteiger partial charge is 0.303 e. The van der Waals surface area contributed by atoms with Crippen LogP contribution in [0.3, 0.4) is 0 Å². The van der Waals surface area contributed by atoms with Gasteiger partial charge in [-0.3, -0.25) is 9.59 Å². The lowest BCUT2D eigenvalue weighted by Gasteiger charge is -2.12. The topological polar surface area (TPSA) is 75.6 Å². The predicted octanol–water partition coefficient (Wildman–Crippen LogP) is 4.19. The summed E-state index contributed by atoms with van der Waals surface area (Å²) in [5.41, 5.74) is 8.00. The maximum atomic E-state index is 12.7. The van der Waals surface area contributed by atoms with Crippen molar-refractivity contribution in [2.24, 2.45) is 0 Å². The third-order valence-corrected chi connectivity index (χ3v) is 5.96. The van der Waals surface area contributed by atoms with Gasteiger partial charge in [-0.15, -0.1) is 0 Å². The second-order valence-electron chi connectivity index (χ2n) is 8.13. The summed E-state index contributed by atoms with van der Waals surface area (Å²) < 4.78 is 5.49. The van der Waals surface area contributed by atoms with Gasteiger partial charge in [0.05, 0.1) is 13.5 Å². The fourth-order valence-electron chi connectivity index (χ4n) is 4.26. The fraction of sp³-hybridized carbons (Fsp3) is 0.259. The molecule has 0 unspecified atom stereocenters. The van der Waals surface area contributed by atoms with Crippen molar-refractivity contribution in [2.45, 2.75) is 32.1 Å². The second-order valence-corrected chi connectivity index (χ2v) is 8.13. The molecule has 3 aromatic rings. The molecule has 2 N–H and O–H groups in total. The Morgan fingerprint density at radius 2 is 1.69 bits per heavy atom. The van der Waals surface area contributed by atoms with Crippen molar-refractivity contribution in [1.29, 1.82) is 0 Å². The van der Waals surface area contributed by atoms with Gasteiger partial charge in [-0.25, -0.2) is 0 Å². The van der Waals surface area contributed by atoms with Crippen LogP contribution in [0.4, 0.5) is 0 Å². The van der Waals surface area contributed by atoms with E-state index in [0.29, 0.717) is 19.4 Å². The number of carboxylic acid groups (broad SMARTS) is 1. The molecular formula is C27H27NO4. The normalized spacial score (nSPS) is 11.5. The van der Waals surface area contributed by atoms with Crippen LogP contribution in [-0.4, -0.2) is 30.6 Å². The first-order valence-corrected chi connectivity index (χ1v) is 10.9. The van der Waals surface area contributed by atoms with Gasteiger partial charge in [0.1, 0.15) is 5.75 Å². The number of ether oxygens (including phenoxy) is 1. The largest absolute Gasteiger partial charge is 0.497 e. The number of hydrogen-bond acceptors (Lipinski definition) is 3. The van der Waals surface area contributed by atoms with E-state index in [-0.39, 0.29) is 12.3 Å². The zero-order valence-corrected chi connectivity index (χ0v) is 18.2. The molecule has 0 saturated heterocycles. The Bertz CT molecular complexity index is 1130. The molecule has 0 aromatic heterocycles. The number of carbonyl (C=O) groups is 2. The average molecular weight is 430 g/mol. The van der Waals surface area contributed by atoms with Gasteiger partial charge in [0, 0.05) is 13.0 Å². The minimum absolute atomic E-state index is 0.00510. The molecule has 0 aliphatic heterocycles. The summed E-state index contributed by atoms with van der Waals surface area (Å²) in [5, 5.41) is 11.8. The minimum atomic E-state index is -0.789. The molecule has 4 rings (SSSR count). The molecular weight excluding hydrogens is 402 g/mol. The maximum absolute atomic E-state index is 12.7. The van der Waals surface area contributed by atoms with E-state index in [0.717, 1.165) is 40.8 Å². The van der Waals surface area contributed by atoms with E-state index in [9.17, 15) is 9.59 Å². The molecule has 0 bridgehead atoms. The summed E-state index contributed by atoms with van der Waals surface area (Å²) in [7, 11) is 1.65. The molecule has 5 heteroatoms. The maximum Gasteiger partial charge on any atom is 0.303 e. The van der Waals surface area contributed by atoms with Crippen molar-refractivity contribution in [2.75, 3.05) is 13.7 Å². The molecule has 3 aromatic carbocycles. The zero-order chi connectivity index (χ0) is 22.5. The molecule has 5 nitrogen and oxygen atoms in total. The summed E-state index contributed by atoms with van der Waals surface area (Å²) in [6, 6.07) is 20.3. The first-order chi connectivity index (χ1) is 15.5. The Morgan fingerprint density at radius 3 is 2.41 bits per heavy atom. The van der Waals surface area contributed by atoms with Gasteiger partial charge in [-0.05, 0) is 70.3 Å². The molecule has 1 amide bonds. The van der Waals surface area contributed by atoms with Crippen LogP contribution in [0.2, 0.25) is 0 Å². The van der Waals surface area contributed by atoms with Gasteiger partial charge < -0.3 is 15.2 Å². The SMILES string of the molecule is COc1cc(CC(=O)NCCc2ccc(CCC(=O)O)cc2)c2c(c1)-c1ccccc1C2. The number of carboxylic acids is 1. The number of amides is 1. The Labute approximate surface area is 188 Å². The van der Waals surface area contributed by atoms with E-state index in [1.165, 1.54) is 16.7 Å². The highest BCUT2D eigenvalue weighted by Gasteiger charge is 2.23. The number of fused-ring (bicyclic) bond motifs is 3. The highest BCUT2D eigenvalue weighted by Crippen LogP contribution is 2.40. The van der Waals surface area contributed by atoms with Crippen molar-refractivity contribution in [3.05, 3.63) is 88.5 Å². The third kappa shape index (κ3) is 4.99. The first-order valence-electron chi connectivity index (χ1n) is 10.9. The summed E-state index contributed by atoms with van der Waals surface area (Å²) in [4.78, 5) is 23.4. The van der Waals surface area contributed by atoms with Gasteiger partial charge in [-0.1, -0.05) is 48.5 Å². The van der Waals surface area contributed by atoms with Gasteiger partial charge >= 0.3 is 5.97 Å². The summed E-state index contributed by atoms with van der Waals surface area (Å²) in [6.45, 7) is 0.555. The number of methoxy groups -OCH3 is 1. The van der Waals surface area contributed by atoms with Crippen molar-refractivity contribution >= 4 is 11.9 Å². The van der Waals surface area contributed by atoms with Crippen molar-refractivity contribution in [3.63, 3.8) is 0 Å². The fourth-order valence-corrected chi connectivity index (χ4v) is 4.26. The molecule has 1 aliphatic rings. The lowest BCUT2D eigenvalue weighted by molar-refractivity contribution is -0.137. The molecule has 164 valence electrons. The van der Waals surface area contributed by atoms with Crippen LogP contribution >= 0.6 is 0 Å². The van der Waals surface area contributed by atoms with Crippen molar-refractivity contribution in [3.8, 4) is 16.9 Å². The Morgan fingerprint density at radius 1 is 0.969 bits per heavy atom. The number of aryl methyl sites for hydroxylation is 1. The molecule has 0 spiro atoms. The molecule has 0 heterocycles. The van der Waals surface area contributed by atoms with E-state index in [1.807, 2.05) is 42.5 Å². The first kappa shape index (κ1) is 21.6. The lowest BCUT2D eigenvalue weighted by Crippen LogP contribution is -2.27. The highest BCUT2D eigenvalue weighted by atomic mass is 16.5. The van der Waals surface area contributed by atoms with E-state index in [2.05, 4.69) is 23.5 Å². The Hall–Kier alpha value is -3.60. The van der Waals surface area contributed by atoms with Crippen molar-refractivity contribution < 1.29 is 19.4 Å². The van der Waals surface area contributed by atoms with E-state index < -0.39 is 5.97 Å². The number of rotatable bonds is 9. The molecule has 1 aliphatic carbocycles. The summed E-state index contributed by atoms with van der Waals surface area (Å²) in [5.74, 6) is -0.0249. The lowest BCUT2D eigenvalue weighted by atomic mass is 9.98. The van der Waals surface area contributed by atoms with Crippen LogP contribution in [0.25, 0.3) is 11.1 Å². The molecule has 0 saturated carbocycles. The van der Waals surface area contributed by atoms with Crippen molar-refractivity contribution in [1.82, 2.24) is 5.32 Å². The molecule has 0 radical (unpaired) electrons. The number of hydrogen-bond donors (Lipinski definition) is 2. The van der Waals surface area contributed by atoms with E-state index >= 15 is 0 Å². The van der Waals surface area contributed by atoms with Crippen LogP contribution in [0.1, 0.15) is 34.2 Å². The number of benzene rings is 3. The van der Waals surface area contributed by atoms with Crippen LogP contribution in [-0.2, 0) is 35.3 Å². The molecule has 32 heavy (non-hydrogen) atoms. The van der Waals surface area contributed by atoms with Gasteiger partial charge in [0.25, 0.3) is 0 Å². The van der Waals surface area contributed by atoms with Gasteiger partial charge in [-0.2, -0.15) is 0 Å². The van der Waals surface area contributed by atoms with Crippen LogP contribution in [0.15, 0.2) is 60.7 Å². The summed E-state index contributed by atoms with van der Waals surface area (Å²) >= 11 is 0. The second kappa shape index (κ2) is 9.69. The van der Waals surface area contributed by atoms with Crippen LogP contribution < -0.4 is 10.1 Å². The Balaban J connectivity index is 1.35.